The van der Waals surface area contributed by atoms with Crippen molar-refractivity contribution in [3.8, 4) is 0 Å². The smallest absolute Gasteiger partial charge is 0.275 e. The van der Waals surface area contributed by atoms with Gasteiger partial charge in [-0.1, -0.05) is 6.92 Å². The Hall–Kier alpha value is -2.32. The summed E-state index contributed by atoms with van der Waals surface area (Å²) in [5, 5.41) is 2.69. The Morgan fingerprint density at radius 3 is 2.35 bits per heavy atom. The zero-order chi connectivity index (χ0) is 18.7. The number of amides is 1. The van der Waals surface area contributed by atoms with Gasteiger partial charge in [0.25, 0.3) is 5.91 Å². The number of carbonyl (C=O) groups is 1. The highest BCUT2D eigenvalue weighted by Gasteiger charge is 2.27. The third-order valence-corrected chi connectivity index (χ3v) is 6.42. The van der Waals surface area contributed by atoms with E-state index in [1.54, 1.807) is 19.1 Å². The van der Waals surface area contributed by atoms with Gasteiger partial charge >= 0.3 is 0 Å². The Kier molecular flexibility index (Phi) is 5.33. The average Bonchev–Trinajstić information content (AvgIpc) is 2.63. The van der Waals surface area contributed by atoms with Crippen LogP contribution in [-0.2, 0) is 10.0 Å². The molecule has 138 valence electrons. The maximum absolute atomic E-state index is 12.7. The number of sulfonamides is 1. The fourth-order valence-corrected chi connectivity index (χ4v) is 4.26. The van der Waals surface area contributed by atoms with Gasteiger partial charge in [-0.2, -0.15) is 4.31 Å². The molecule has 0 unspecified atom stereocenters. The van der Waals surface area contributed by atoms with E-state index >= 15 is 0 Å². The molecule has 1 aliphatic rings. The SMILES string of the molecule is Cc1cnc(C(=O)Nc2ccc(S(=O)(=O)N3CCC(C)CC3)cc2)cn1. The minimum Gasteiger partial charge on any atom is -0.321 e. The van der Waals surface area contributed by atoms with Crippen molar-refractivity contribution in [1.29, 1.82) is 0 Å². The molecule has 0 saturated carbocycles. The van der Waals surface area contributed by atoms with Gasteiger partial charge in [0.05, 0.1) is 16.8 Å². The summed E-state index contributed by atoms with van der Waals surface area (Å²) < 4.78 is 26.9. The number of rotatable bonds is 4. The predicted octanol–water partition coefficient (Wildman–Crippen LogP) is 2.46. The number of hydrogen-bond acceptors (Lipinski definition) is 5. The molecule has 1 N–H and O–H groups in total. The van der Waals surface area contributed by atoms with Crippen molar-refractivity contribution in [2.75, 3.05) is 18.4 Å². The van der Waals surface area contributed by atoms with Crippen LogP contribution in [-0.4, -0.2) is 41.7 Å². The lowest BCUT2D eigenvalue weighted by molar-refractivity contribution is 0.102. The summed E-state index contributed by atoms with van der Waals surface area (Å²) in [6.45, 7) is 5.03. The van der Waals surface area contributed by atoms with Gasteiger partial charge in [-0.25, -0.2) is 13.4 Å². The van der Waals surface area contributed by atoms with Gasteiger partial charge < -0.3 is 5.32 Å². The lowest BCUT2D eigenvalue weighted by atomic mass is 10.0. The van der Waals surface area contributed by atoms with Gasteiger partial charge in [0, 0.05) is 25.0 Å². The van der Waals surface area contributed by atoms with Crippen molar-refractivity contribution in [3.05, 3.63) is 48.0 Å². The van der Waals surface area contributed by atoms with Crippen LogP contribution in [0.5, 0.6) is 0 Å². The van der Waals surface area contributed by atoms with Crippen molar-refractivity contribution in [3.63, 3.8) is 0 Å². The molecule has 0 spiro atoms. The predicted molar refractivity (Wildman–Crippen MR) is 98.3 cm³/mol. The number of hydrogen-bond donors (Lipinski definition) is 1. The molecule has 2 aromatic rings. The fraction of sp³-hybridized carbons (Fsp3) is 0.389. The Morgan fingerprint density at radius 1 is 1.12 bits per heavy atom. The third-order valence-electron chi connectivity index (χ3n) is 4.51. The molecule has 1 aromatic carbocycles. The summed E-state index contributed by atoms with van der Waals surface area (Å²) in [4.78, 5) is 20.4. The number of anilines is 1. The Labute approximate surface area is 153 Å². The molecule has 8 heteroatoms. The molecule has 0 atom stereocenters. The summed E-state index contributed by atoms with van der Waals surface area (Å²) >= 11 is 0. The molecule has 1 aliphatic heterocycles. The normalized spacial score (nSPS) is 16.4. The maximum Gasteiger partial charge on any atom is 0.275 e. The standard InChI is InChI=1S/C18H22N4O3S/c1-13-7-9-22(10-8-13)26(24,25)16-5-3-15(4-6-16)21-18(23)17-12-19-14(2)11-20-17/h3-6,11-13H,7-10H2,1-2H3,(H,21,23). The van der Waals surface area contributed by atoms with Crippen LogP contribution in [0.25, 0.3) is 0 Å². The fourth-order valence-electron chi connectivity index (χ4n) is 2.79. The minimum atomic E-state index is -3.49. The molecule has 0 aliphatic carbocycles. The highest BCUT2D eigenvalue weighted by Crippen LogP contribution is 2.24. The van der Waals surface area contributed by atoms with Crippen molar-refractivity contribution in [2.45, 2.75) is 31.6 Å². The molecule has 7 nitrogen and oxygen atoms in total. The van der Waals surface area contributed by atoms with Crippen LogP contribution in [0.3, 0.4) is 0 Å². The number of benzene rings is 1. The second kappa shape index (κ2) is 7.51. The monoisotopic (exact) mass is 374 g/mol. The van der Waals surface area contributed by atoms with Gasteiger partial charge in [0.2, 0.25) is 10.0 Å². The first-order valence-corrected chi connectivity index (χ1v) is 10.0. The van der Waals surface area contributed by atoms with E-state index in [0.717, 1.165) is 18.5 Å². The van der Waals surface area contributed by atoms with E-state index in [-0.39, 0.29) is 10.6 Å². The Balaban J connectivity index is 1.70. The Morgan fingerprint density at radius 2 is 1.77 bits per heavy atom. The van der Waals surface area contributed by atoms with E-state index < -0.39 is 15.9 Å². The van der Waals surface area contributed by atoms with Gasteiger partial charge in [0.1, 0.15) is 5.69 Å². The molecule has 1 aromatic heterocycles. The van der Waals surface area contributed by atoms with Crippen molar-refractivity contribution in [1.82, 2.24) is 14.3 Å². The summed E-state index contributed by atoms with van der Waals surface area (Å²) in [7, 11) is -3.49. The second-order valence-corrected chi connectivity index (χ2v) is 8.55. The first-order valence-electron chi connectivity index (χ1n) is 8.56. The third kappa shape index (κ3) is 4.08. The van der Waals surface area contributed by atoms with Gasteiger partial charge in [0.15, 0.2) is 0 Å². The van der Waals surface area contributed by atoms with E-state index in [4.69, 9.17) is 0 Å². The summed E-state index contributed by atoms with van der Waals surface area (Å²) in [6.07, 6.45) is 4.68. The van der Waals surface area contributed by atoms with Gasteiger partial charge in [-0.3, -0.25) is 9.78 Å². The lowest BCUT2D eigenvalue weighted by Gasteiger charge is -2.29. The molecule has 0 bridgehead atoms. The summed E-state index contributed by atoms with van der Waals surface area (Å²) in [5.74, 6) is 0.169. The van der Waals surface area contributed by atoms with E-state index in [0.29, 0.717) is 24.7 Å². The first-order chi connectivity index (χ1) is 12.4. The molecule has 1 fully saturated rings. The van der Waals surface area contributed by atoms with Crippen molar-refractivity contribution >= 4 is 21.6 Å². The van der Waals surface area contributed by atoms with E-state index in [9.17, 15) is 13.2 Å². The summed E-state index contributed by atoms with van der Waals surface area (Å²) in [6, 6.07) is 6.20. The highest BCUT2D eigenvalue weighted by atomic mass is 32.2. The molecule has 3 rings (SSSR count). The van der Waals surface area contributed by atoms with Gasteiger partial charge in [-0.15, -0.1) is 0 Å². The van der Waals surface area contributed by atoms with E-state index in [1.165, 1.54) is 28.8 Å². The topological polar surface area (TPSA) is 92.3 Å². The maximum atomic E-state index is 12.7. The number of carbonyl (C=O) groups excluding carboxylic acids is 1. The Bertz CT molecular complexity index is 872. The van der Waals surface area contributed by atoms with Crippen LogP contribution in [0.1, 0.15) is 35.9 Å². The summed E-state index contributed by atoms with van der Waals surface area (Å²) in [5.41, 5.74) is 1.43. The van der Waals surface area contributed by atoms with Crippen molar-refractivity contribution in [2.24, 2.45) is 5.92 Å². The molecule has 2 heterocycles. The van der Waals surface area contributed by atoms with E-state index in [1.807, 2.05) is 0 Å². The lowest BCUT2D eigenvalue weighted by Crippen LogP contribution is -2.37. The average molecular weight is 374 g/mol. The molecular weight excluding hydrogens is 352 g/mol. The number of nitrogens with zero attached hydrogens (tertiary/aromatic N) is 3. The quantitative estimate of drug-likeness (QED) is 0.887. The van der Waals surface area contributed by atoms with E-state index in [2.05, 4.69) is 22.2 Å². The first kappa shape index (κ1) is 18.5. The molecular formula is C18H22N4O3S. The molecule has 1 saturated heterocycles. The number of piperidine rings is 1. The van der Waals surface area contributed by atoms with Crippen LogP contribution < -0.4 is 5.32 Å². The number of aryl methyl sites for hydroxylation is 1. The molecule has 1 amide bonds. The van der Waals surface area contributed by atoms with Crippen LogP contribution >= 0.6 is 0 Å². The molecule has 0 radical (unpaired) electrons. The van der Waals surface area contributed by atoms with Gasteiger partial charge in [-0.05, 0) is 49.9 Å². The van der Waals surface area contributed by atoms with Crippen LogP contribution in [0.15, 0.2) is 41.6 Å². The second-order valence-electron chi connectivity index (χ2n) is 6.61. The zero-order valence-corrected chi connectivity index (χ0v) is 15.7. The largest absolute Gasteiger partial charge is 0.321 e. The number of nitrogens with one attached hydrogen (secondary N) is 1. The van der Waals surface area contributed by atoms with Crippen molar-refractivity contribution < 1.29 is 13.2 Å². The van der Waals surface area contributed by atoms with Crippen LogP contribution in [0, 0.1) is 12.8 Å². The molecule has 26 heavy (non-hydrogen) atoms. The zero-order valence-electron chi connectivity index (χ0n) is 14.8. The van der Waals surface area contributed by atoms with Crippen LogP contribution in [0.2, 0.25) is 0 Å². The highest BCUT2D eigenvalue weighted by molar-refractivity contribution is 7.89. The minimum absolute atomic E-state index is 0.203. The van der Waals surface area contributed by atoms with Crippen LogP contribution in [0.4, 0.5) is 5.69 Å². The number of aromatic nitrogens is 2.